The van der Waals surface area contributed by atoms with Crippen molar-refractivity contribution >= 4 is 28.7 Å². The van der Waals surface area contributed by atoms with Crippen LogP contribution in [0.5, 0.6) is 0 Å². The molecule has 0 amide bonds. The lowest BCUT2D eigenvalue weighted by atomic mass is 9.82. The van der Waals surface area contributed by atoms with Gasteiger partial charge in [0, 0.05) is 34.5 Å². The molecule has 0 spiro atoms. The Morgan fingerprint density at radius 2 is 1.39 bits per heavy atom. The van der Waals surface area contributed by atoms with Crippen LogP contribution in [0.25, 0.3) is 0 Å². The van der Waals surface area contributed by atoms with Gasteiger partial charge in [0.25, 0.3) is 0 Å². The zero-order valence-electron chi connectivity index (χ0n) is 18.9. The smallest absolute Gasteiger partial charge is 0.196 e. The Hall–Kier alpha value is -2.95. The highest BCUT2D eigenvalue weighted by atomic mass is 16.1. The molecule has 164 valence electrons. The Bertz CT molecular complexity index is 1010. The molecule has 0 radical (unpaired) electrons. The van der Waals surface area contributed by atoms with Crippen LogP contribution in [0, 0.1) is 5.41 Å². The van der Waals surface area contributed by atoms with E-state index in [1.165, 1.54) is 0 Å². The average molecular weight is 421 g/mol. The van der Waals surface area contributed by atoms with E-state index in [2.05, 4.69) is 17.6 Å². The lowest BCUT2D eigenvalue weighted by molar-refractivity contribution is -0.125. The van der Waals surface area contributed by atoms with Gasteiger partial charge < -0.3 is 10.6 Å². The van der Waals surface area contributed by atoms with Gasteiger partial charge in [-0.3, -0.25) is 14.4 Å². The lowest BCUT2D eigenvalue weighted by Gasteiger charge is -2.25. The van der Waals surface area contributed by atoms with Crippen molar-refractivity contribution in [1.29, 1.82) is 0 Å². The number of ketones is 3. The highest BCUT2D eigenvalue weighted by molar-refractivity contribution is 6.32. The van der Waals surface area contributed by atoms with E-state index in [9.17, 15) is 14.4 Å². The van der Waals surface area contributed by atoms with Crippen LogP contribution in [0.3, 0.4) is 0 Å². The van der Waals surface area contributed by atoms with Crippen LogP contribution in [0.15, 0.2) is 36.4 Å². The largest absolute Gasteiger partial charge is 0.384 e. The van der Waals surface area contributed by atoms with Crippen LogP contribution < -0.4 is 10.6 Å². The zero-order chi connectivity index (χ0) is 22.6. The van der Waals surface area contributed by atoms with Crippen LogP contribution >= 0.6 is 0 Å². The SMILES string of the molecule is CCCCCNc1ccc(NCC(=O)C(C)(C)CC)c2c1C(=O)c1ccccc1C2=O. The molecule has 0 bridgehead atoms. The number of benzene rings is 2. The first-order chi connectivity index (χ1) is 14.8. The third-order valence-electron chi connectivity index (χ3n) is 6.25. The molecule has 0 fully saturated rings. The van der Waals surface area contributed by atoms with E-state index in [4.69, 9.17) is 0 Å². The van der Waals surface area contributed by atoms with Crippen molar-refractivity contribution in [1.82, 2.24) is 0 Å². The first-order valence-electron chi connectivity index (χ1n) is 11.2. The van der Waals surface area contributed by atoms with E-state index in [0.717, 1.165) is 32.2 Å². The van der Waals surface area contributed by atoms with E-state index < -0.39 is 5.41 Å². The predicted octanol–water partition coefficient (Wildman–Crippen LogP) is 5.48. The molecule has 0 unspecified atom stereocenters. The number of fused-ring (bicyclic) bond motifs is 2. The van der Waals surface area contributed by atoms with Gasteiger partial charge in [0.2, 0.25) is 0 Å². The van der Waals surface area contributed by atoms with Crippen LogP contribution in [0.4, 0.5) is 11.4 Å². The van der Waals surface area contributed by atoms with Gasteiger partial charge in [-0.05, 0) is 25.0 Å². The Morgan fingerprint density at radius 1 is 0.839 bits per heavy atom. The molecule has 5 heteroatoms. The fourth-order valence-corrected chi connectivity index (χ4v) is 3.73. The molecule has 2 aromatic rings. The van der Waals surface area contributed by atoms with E-state index in [1.807, 2.05) is 26.8 Å². The molecule has 0 saturated carbocycles. The van der Waals surface area contributed by atoms with E-state index in [1.54, 1.807) is 30.3 Å². The number of unbranched alkanes of at least 4 members (excludes halogenated alkanes) is 2. The second-order valence-corrected chi connectivity index (χ2v) is 8.76. The number of hydrogen-bond acceptors (Lipinski definition) is 5. The standard InChI is InChI=1S/C26H32N2O3/c1-5-7-10-15-27-19-13-14-20(28-16-21(29)26(3,4)6-2)23-22(19)24(30)17-11-8-9-12-18(17)25(23)31/h8-9,11-14,27-28H,5-7,10,15-16H2,1-4H3. The molecule has 0 aliphatic heterocycles. The lowest BCUT2D eigenvalue weighted by Crippen LogP contribution is -2.31. The Labute approximate surface area is 184 Å². The maximum atomic E-state index is 13.4. The number of carbonyl (C=O) groups is 3. The van der Waals surface area contributed by atoms with Crippen molar-refractivity contribution in [3.63, 3.8) is 0 Å². The molecule has 0 saturated heterocycles. The Kier molecular flexibility index (Phi) is 6.94. The Morgan fingerprint density at radius 3 is 1.90 bits per heavy atom. The van der Waals surface area contributed by atoms with Crippen molar-refractivity contribution in [2.75, 3.05) is 23.7 Å². The summed E-state index contributed by atoms with van der Waals surface area (Å²) in [5, 5.41) is 6.50. The molecular formula is C26H32N2O3. The molecule has 2 N–H and O–H groups in total. The summed E-state index contributed by atoms with van der Waals surface area (Å²) in [6, 6.07) is 10.6. The van der Waals surface area contributed by atoms with E-state index >= 15 is 0 Å². The summed E-state index contributed by atoms with van der Waals surface area (Å²) >= 11 is 0. The summed E-state index contributed by atoms with van der Waals surface area (Å²) in [7, 11) is 0. The van der Waals surface area contributed by atoms with Gasteiger partial charge in [0.15, 0.2) is 17.3 Å². The van der Waals surface area contributed by atoms with E-state index in [-0.39, 0.29) is 23.9 Å². The first kappa shape index (κ1) is 22.7. The highest BCUT2D eigenvalue weighted by Crippen LogP contribution is 2.36. The van der Waals surface area contributed by atoms with Gasteiger partial charge in [0.1, 0.15) is 0 Å². The molecule has 2 aromatic carbocycles. The fourth-order valence-electron chi connectivity index (χ4n) is 3.73. The second-order valence-electron chi connectivity index (χ2n) is 8.76. The number of carbonyl (C=O) groups excluding carboxylic acids is 3. The molecule has 1 aliphatic carbocycles. The Balaban J connectivity index is 1.99. The van der Waals surface area contributed by atoms with Crippen molar-refractivity contribution < 1.29 is 14.4 Å². The second kappa shape index (κ2) is 9.46. The molecule has 3 rings (SSSR count). The summed E-state index contributed by atoms with van der Waals surface area (Å²) < 4.78 is 0. The van der Waals surface area contributed by atoms with Crippen LogP contribution in [0.1, 0.15) is 85.2 Å². The number of nitrogens with one attached hydrogen (secondary N) is 2. The molecule has 1 aliphatic rings. The number of rotatable bonds is 10. The van der Waals surface area contributed by atoms with Gasteiger partial charge in [-0.25, -0.2) is 0 Å². The minimum Gasteiger partial charge on any atom is -0.384 e. The molecule has 0 atom stereocenters. The normalized spacial score (nSPS) is 12.9. The zero-order valence-corrected chi connectivity index (χ0v) is 18.9. The quantitative estimate of drug-likeness (QED) is 0.425. The topological polar surface area (TPSA) is 75.3 Å². The van der Waals surface area contributed by atoms with Crippen molar-refractivity contribution in [3.8, 4) is 0 Å². The maximum absolute atomic E-state index is 13.4. The maximum Gasteiger partial charge on any atom is 0.196 e. The van der Waals surface area contributed by atoms with Gasteiger partial charge in [-0.15, -0.1) is 0 Å². The first-order valence-corrected chi connectivity index (χ1v) is 11.2. The monoisotopic (exact) mass is 420 g/mol. The van der Waals surface area contributed by atoms with E-state index in [0.29, 0.717) is 33.6 Å². The van der Waals surface area contributed by atoms with Gasteiger partial charge in [-0.2, -0.15) is 0 Å². The molecule has 5 nitrogen and oxygen atoms in total. The molecule has 0 aromatic heterocycles. The third-order valence-corrected chi connectivity index (χ3v) is 6.25. The van der Waals surface area contributed by atoms with Gasteiger partial charge >= 0.3 is 0 Å². The average Bonchev–Trinajstić information content (AvgIpc) is 2.78. The van der Waals surface area contributed by atoms with Crippen molar-refractivity contribution in [2.45, 2.75) is 53.4 Å². The summed E-state index contributed by atoms with van der Waals surface area (Å²) in [5.41, 5.74) is 2.34. The molecular weight excluding hydrogens is 388 g/mol. The molecule has 31 heavy (non-hydrogen) atoms. The third kappa shape index (κ3) is 4.55. The summed E-state index contributed by atoms with van der Waals surface area (Å²) in [5.74, 6) is -0.278. The van der Waals surface area contributed by atoms with Crippen molar-refractivity contribution in [3.05, 3.63) is 58.7 Å². The molecule has 0 heterocycles. The van der Waals surface area contributed by atoms with Crippen LogP contribution in [-0.4, -0.2) is 30.4 Å². The van der Waals surface area contributed by atoms with Gasteiger partial charge in [-0.1, -0.05) is 64.8 Å². The number of Topliss-reactive ketones (excluding diaryl/α,β-unsaturated/α-hetero) is 1. The van der Waals surface area contributed by atoms with Crippen LogP contribution in [-0.2, 0) is 4.79 Å². The number of hydrogen-bond donors (Lipinski definition) is 2. The number of anilines is 2. The van der Waals surface area contributed by atoms with Crippen LogP contribution in [0.2, 0.25) is 0 Å². The minimum atomic E-state index is -0.444. The summed E-state index contributed by atoms with van der Waals surface area (Å²) in [6.45, 7) is 8.81. The summed E-state index contributed by atoms with van der Waals surface area (Å²) in [6.07, 6.45) is 3.93. The van der Waals surface area contributed by atoms with Crippen molar-refractivity contribution in [2.24, 2.45) is 5.41 Å². The summed E-state index contributed by atoms with van der Waals surface area (Å²) in [4.78, 5) is 39.4. The van der Waals surface area contributed by atoms with Gasteiger partial charge in [0.05, 0.1) is 17.7 Å². The fraction of sp³-hybridized carbons (Fsp3) is 0.423. The predicted molar refractivity (Wildman–Crippen MR) is 125 cm³/mol. The minimum absolute atomic E-state index is 0.0699. The highest BCUT2D eigenvalue weighted by Gasteiger charge is 2.34.